The van der Waals surface area contributed by atoms with E-state index >= 15 is 0 Å². The molecule has 0 aromatic rings. The van der Waals surface area contributed by atoms with Crippen LogP contribution in [0.3, 0.4) is 0 Å². The van der Waals surface area contributed by atoms with Crippen molar-refractivity contribution in [3.05, 3.63) is 24.5 Å². The van der Waals surface area contributed by atoms with Crippen molar-refractivity contribution in [3.8, 4) is 0 Å². The maximum atomic E-state index is 10.9. The molecular formula is C11H18O4. The summed E-state index contributed by atoms with van der Waals surface area (Å²) >= 11 is 0. The third-order valence-corrected chi connectivity index (χ3v) is 1.39. The zero-order chi connectivity index (χ0) is 11.5. The van der Waals surface area contributed by atoms with E-state index in [1.165, 1.54) is 0 Å². The summed E-state index contributed by atoms with van der Waals surface area (Å²) in [4.78, 5) is 10.9. The van der Waals surface area contributed by atoms with Crippen molar-refractivity contribution in [1.29, 1.82) is 0 Å². The lowest BCUT2D eigenvalue weighted by Gasteiger charge is -2.05. The van der Waals surface area contributed by atoms with Gasteiger partial charge in [-0.05, 0) is 13.8 Å². The Labute approximate surface area is 90.5 Å². The van der Waals surface area contributed by atoms with Crippen LogP contribution in [0, 0.1) is 0 Å². The highest BCUT2D eigenvalue weighted by molar-refractivity contribution is 5.86. The topological polar surface area (TPSA) is 44.8 Å². The highest BCUT2D eigenvalue weighted by Gasteiger charge is 2.01. The molecule has 0 aliphatic heterocycles. The van der Waals surface area contributed by atoms with Gasteiger partial charge in [0.25, 0.3) is 0 Å². The van der Waals surface area contributed by atoms with Crippen LogP contribution >= 0.6 is 0 Å². The first-order chi connectivity index (χ1) is 7.18. The monoisotopic (exact) mass is 214 g/mol. The van der Waals surface area contributed by atoms with Crippen LogP contribution in [0.25, 0.3) is 0 Å². The minimum Gasteiger partial charge on any atom is -0.499 e. The second-order valence-corrected chi connectivity index (χ2v) is 2.87. The van der Waals surface area contributed by atoms with Crippen molar-refractivity contribution in [1.82, 2.24) is 0 Å². The number of carbonyl (C=O) groups is 1. The fourth-order valence-corrected chi connectivity index (χ4v) is 0.690. The molecule has 0 radical (unpaired) electrons. The van der Waals surface area contributed by atoms with Crippen molar-refractivity contribution < 1.29 is 19.0 Å². The largest absolute Gasteiger partial charge is 0.499 e. The Bertz CT molecular complexity index is 221. The first kappa shape index (κ1) is 13.7. The first-order valence-electron chi connectivity index (χ1n) is 4.81. The highest BCUT2D eigenvalue weighted by Crippen LogP contribution is 1.91. The minimum absolute atomic E-state index is 0.245. The van der Waals surface area contributed by atoms with Crippen molar-refractivity contribution in [2.75, 3.05) is 26.4 Å². The molecule has 0 fully saturated rings. The number of rotatable bonds is 8. The average molecular weight is 214 g/mol. The normalized spacial score (nSPS) is 10.3. The van der Waals surface area contributed by atoms with Crippen molar-refractivity contribution in [2.24, 2.45) is 0 Å². The molecule has 0 aromatic carbocycles. The maximum absolute atomic E-state index is 10.9. The van der Waals surface area contributed by atoms with Gasteiger partial charge in [0.05, 0.1) is 19.5 Å². The van der Waals surface area contributed by atoms with Gasteiger partial charge in [0, 0.05) is 5.57 Å². The molecule has 0 saturated heterocycles. The SMILES string of the molecule is C=C(C)C(=O)OCCOCCOC=CC. The average Bonchev–Trinajstić information content (AvgIpc) is 2.21. The minimum atomic E-state index is -0.385. The second-order valence-electron chi connectivity index (χ2n) is 2.87. The van der Waals surface area contributed by atoms with Crippen LogP contribution in [0.1, 0.15) is 13.8 Å². The number of esters is 1. The number of hydrogen-bond acceptors (Lipinski definition) is 4. The molecule has 0 aromatic heterocycles. The van der Waals surface area contributed by atoms with E-state index < -0.39 is 0 Å². The molecule has 0 spiro atoms. The molecule has 86 valence electrons. The fraction of sp³-hybridized carbons (Fsp3) is 0.545. The number of hydrogen-bond donors (Lipinski definition) is 0. The molecule has 0 N–H and O–H groups in total. The summed E-state index contributed by atoms with van der Waals surface area (Å²) in [5.74, 6) is -0.385. The van der Waals surface area contributed by atoms with Crippen molar-refractivity contribution >= 4 is 5.97 Å². The maximum Gasteiger partial charge on any atom is 0.333 e. The van der Waals surface area contributed by atoms with Crippen LogP contribution < -0.4 is 0 Å². The van der Waals surface area contributed by atoms with Gasteiger partial charge in [-0.1, -0.05) is 12.7 Å². The zero-order valence-electron chi connectivity index (χ0n) is 9.32. The van der Waals surface area contributed by atoms with Gasteiger partial charge in [0.2, 0.25) is 0 Å². The van der Waals surface area contributed by atoms with Crippen LogP contribution in [0.15, 0.2) is 24.5 Å². The standard InChI is InChI=1S/C11H18O4/c1-4-5-13-6-7-14-8-9-15-11(12)10(2)3/h4-5H,2,6-9H2,1,3H3. The number of allylic oxidation sites excluding steroid dienone is 1. The summed E-state index contributed by atoms with van der Waals surface area (Å²) in [5.41, 5.74) is 0.395. The molecule has 0 aliphatic carbocycles. The van der Waals surface area contributed by atoms with Crippen LogP contribution in [0.4, 0.5) is 0 Å². The molecule has 0 amide bonds. The molecule has 0 atom stereocenters. The predicted octanol–water partition coefficient (Wildman–Crippen LogP) is 1.67. The van der Waals surface area contributed by atoms with E-state index in [1.807, 2.05) is 6.92 Å². The number of ether oxygens (including phenoxy) is 3. The van der Waals surface area contributed by atoms with Crippen LogP contribution in [0.5, 0.6) is 0 Å². The Kier molecular flexibility index (Phi) is 8.47. The van der Waals surface area contributed by atoms with Crippen LogP contribution in [0.2, 0.25) is 0 Å². The Morgan fingerprint density at radius 1 is 1.27 bits per heavy atom. The third-order valence-electron chi connectivity index (χ3n) is 1.39. The van der Waals surface area contributed by atoms with Crippen molar-refractivity contribution in [3.63, 3.8) is 0 Å². The Hall–Kier alpha value is -1.29. The molecule has 0 bridgehead atoms. The summed E-state index contributed by atoms with van der Waals surface area (Å²) in [6.45, 7) is 8.54. The summed E-state index contributed by atoms with van der Waals surface area (Å²) in [6.07, 6.45) is 3.40. The lowest BCUT2D eigenvalue weighted by molar-refractivity contribution is -0.140. The predicted molar refractivity (Wildman–Crippen MR) is 57.4 cm³/mol. The first-order valence-corrected chi connectivity index (χ1v) is 4.81. The summed E-state index contributed by atoms with van der Waals surface area (Å²) in [5, 5.41) is 0. The summed E-state index contributed by atoms with van der Waals surface area (Å²) in [6, 6.07) is 0. The van der Waals surface area contributed by atoms with Gasteiger partial charge in [-0.15, -0.1) is 0 Å². The lowest BCUT2D eigenvalue weighted by Crippen LogP contribution is -2.12. The van der Waals surface area contributed by atoms with Crippen molar-refractivity contribution in [2.45, 2.75) is 13.8 Å². The summed E-state index contributed by atoms with van der Waals surface area (Å²) < 4.78 is 15.0. The van der Waals surface area contributed by atoms with Gasteiger partial charge in [0.1, 0.15) is 13.2 Å². The molecule has 0 unspecified atom stereocenters. The molecule has 0 aliphatic rings. The third kappa shape index (κ3) is 9.02. The molecule has 0 saturated carbocycles. The Balaban J connectivity index is 3.18. The van der Waals surface area contributed by atoms with E-state index in [1.54, 1.807) is 19.3 Å². The fourth-order valence-electron chi connectivity index (χ4n) is 0.690. The lowest BCUT2D eigenvalue weighted by atomic mass is 10.4. The molecule has 15 heavy (non-hydrogen) atoms. The van der Waals surface area contributed by atoms with Gasteiger partial charge in [-0.3, -0.25) is 0 Å². The van der Waals surface area contributed by atoms with Gasteiger partial charge in [-0.2, -0.15) is 0 Å². The van der Waals surface area contributed by atoms with Gasteiger partial charge < -0.3 is 14.2 Å². The van der Waals surface area contributed by atoms with E-state index in [4.69, 9.17) is 14.2 Å². The molecule has 0 rings (SSSR count). The van der Waals surface area contributed by atoms with E-state index in [0.717, 1.165) is 0 Å². The van der Waals surface area contributed by atoms with E-state index in [0.29, 0.717) is 25.4 Å². The van der Waals surface area contributed by atoms with Crippen LogP contribution in [-0.4, -0.2) is 32.4 Å². The number of carbonyl (C=O) groups excluding carboxylic acids is 1. The second kappa shape index (κ2) is 9.27. The Morgan fingerprint density at radius 2 is 1.93 bits per heavy atom. The van der Waals surface area contributed by atoms with Gasteiger partial charge in [0.15, 0.2) is 0 Å². The van der Waals surface area contributed by atoms with E-state index in [-0.39, 0.29) is 12.6 Å². The Morgan fingerprint density at radius 3 is 2.53 bits per heavy atom. The quantitative estimate of drug-likeness (QED) is 0.267. The molecule has 0 heterocycles. The van der Waals surface area contributed by atoms with Gasteiger partial charge in [-0.25, -0.2) is 4.79 Å². The molecule has 4 nitrogen and oxygen atoms in total. The summed E-state index contributed by atoms with van der Waals surface area (Å²) in [7, 11) is 0. The van der Waals surface area contributed by atoms with Crippen LogP contribution in [-0.2, 0) is 19.0 Å². The molecule has 4 heteroatoms. The zero-order valence-corrected chi connectivity index (χ0v) is 9.32. The smallest absolute Gasteiger partial charge is 0.333 e. The highest BCUT2D eigenvalue weighted by atomic mass is 16.6. The van der Waals surface area contributed by atoms with E-state index in [2.05, 4.69) is 6.58 Å². The molecular weight excluding hydrogens is 196 g/mol. The van der Waals surface area contributed by atoms with E-state index in [9.17, 15) is 4.79 Å². The van der Waals surface area contributed by atoms with Gasteiger partial charge >= 0.3 is 5.97 Å².